The highest BCUT2D eigenvalue weighted by Crippen LogP contribution is 2.22. The van der Waals surface area contributed by atoms with Crippen molar-refractivity contribution in [1.29, 1.82) is 0 Å². The van der Waals surface area contributed by atoms with Crippen molar-refractivity contribution in [3.8, 4) is 0 Å². The van der Waals surface area contributed by atoms with Gasteiger partial charge >= 0.3 is 0 Å². The van der Waals surface area contributed by atoms with Crippen molar-refractivity contribution in [2.45, 2.75) is 6.92 Å². The van der Waals surface area contributed by atoms with Gasteiger partial charge in [-0.05, 0) is 36.8 Å². The number of fused-ring (bicyclic) bond motifs is 1. The van der Waals surface area contributed by atoms with Crippen molar-refractivity contribution in [1.82, 2.24) is 15.0 Å². The van der Waals surface area contributed by atoms with Crippen LogP contribution in [-0.2, 0) is 0 Å². The van der Waals surface area contributed by atoms with Crippen molar-refractivity contribution in [2.75, 3.05) is 24.3 Å². The summed E-state index contributed by atoms with van der Waals surface area (Å²) in [6.45, 7) is 2.02. The van der Waals surface area contributed by atoms with Gasteiger partial charge in [0.1, 0.15) is 5.82 Å². The molecule has 2 aromatic heterocycles. The Morgan fingerprint density at radius 3 is 2.80 bits per heavy atom. The number of aromatic amines is 1. The van der Waals surface area contributed by atoms with Gasteiger partial charge in [-0.2, -0.15) is 0 Å². The van der Waals surface area contributed by atoms with E-state index >= 15 is 0 Å². The number of aryl methyl sites for hydroxylation is 1. The largest absolute Gasteiger partial charge is 0.378 e. The number of nitrogens with zero attached hydrogens (tertiary/aromatic N) is 3. The van der Waals surface area contributed by atoms with Crippen LogP contribution in [0.5, 0.6) is 0 Å². The fraction of sp³-hybridized carbons (Fsp3) is 0.200. The monoisotopic (exact) mass is 267 g/mol. The Balaban J connectivity index is 1.95. The molecule has 0 spiro atoms. The zero-order valence-corrected chi connectivity index (χ0v) is 11.8. The first kappa shape index (κ1) is 12.5. The summed E-state index contributed by atoms with van der Waals surface area (Å²) in [4.78, 5) is 14.2. The summed E-state index contributed by atoms with van der Waals surface area (Å²) >= 11 is 0. The Bertz CT molecular complexity index is 745. The fourth-order valence-electron chi connectivity index (χ4n) is 2.06. The molecule has 0 aliphatic rings. The van der Waals surface area contributed by atoms with Crippen molar-refractivity contribution < 1.29 is 0 Å². The molecule has 2 N–H and O–H groups in total. The van der Waals surface area contributed by atoms with Gasteiger partial charge in [-0.3, -0.25) is 0 Å². The third kappa shape index (κ3) is 2.30. The maximum absolute atomic E-state index is 4.52. The minimum atomic E-state index is 0.706. The summed E-state index contributed by atoms with van der Waals surface area (Å²) in [5, 5.41) is 3.22. The van der Waals surface area contributed by atoms with Crippen molar-refractivity contribution in [3.63, 3.8) is 0 Å². The minimum Gasteiger partial charge on any atom is -0.378 e. The zero-order valence-electron chi connectivity index (χ0n) is 11.8. The van der Waals surface area contributed by atoms with Gasteiger partial charge in [0.25, 0.3) is 0 Å². The first-order chi connectivity index (χ1) is 9.63. The molecule has 0 aliphatic heterocycles. The van der Waals surface area contributed by atoms with Crippen molar-refractivity contribution >= 4 is 28.5 Å². The first-order valence-electron chi connectivity index (χ1n) is 6.49. The standard InChI is InChI=1S/C15H17N5/c1-10-5-4-8-16-14(10)19-15-17-12-7-6-11(20(2)3)9-13(12)18-15/h4-9H,1-3H3,(H2,16,17,18,19). The van der Waals surface area contributed by atoms with Gasteiger partial charge < -0.3 is 15.2 Å². The number of anilines is 3. The van der Waals surface area contributed by atoms with Gasteiger partial charge in [0.2, 0.25) is 5.95 Å². The number of rotatable bonds is 3. The molecule has 5 nitrogen and oxygen atoms in total. The second-order valence-corrected chi connectivity index (χ2v) is 4.98. The molecular weight excluding hydrogens is 250 g/mol. The lowest BCUT2D eigenvalue weighted by Crippen LogP contribution is -2.07. The smallest absolute Gasteiger partial charge is 0.206 e. The fourth-order valence-corrected chi connectivity index (χ4v) is 2.06. The van der Waals surface area contributed by atoms with Gasteiger partial charge in [-0.1, -0.05) is 6.07 Å². The number of hydrogen-bond acceptors (Lipinski definition) is 4. The van der Waals surface area contributed by atoms with Gasteiger partial charge in [0, 0.05) is 26.0 Å². The summed E-state index contributed by atoms with van der Waals surface area (Å²) in [5.41, 5.74) is 4.17. The normalized spacial score (nSPS) is 10.8. The van der Waals surface area contributed by atoms with E-state index in [0.29, 0.717) is 5.95 Å². The van der Waals surface area contributed by atoms with E-state index in [-0.39, 0.29) is 0 Å². The predicted molar refractivity (Wildman–Crippen MR) is 82.7 cm³/mol. The van der Waals surface area contributed by atoms with Gasteiger partial charge in [0.05, 0.1) is 11.0 Å². The second-order valence-electron chi connectivity index (χ2n) is 4.98. The number of aromatic nitrogens is 3. The number of H-pyrrole nitrogens is 1. The van der Waals surface area contributed by atoms with Crippen LogP contribution >= 0.6 is 0 Å². The van der Waals surface area contributed by atoms with Crippen LogP contribution in [-0.4, -0.2) is 29.0 Å². The molecule has 102 valence electrons. The number of benzene rings is 1. The molecule has 1 aromatic carbocycles. The van der Waals surface area contributed by atoms with E-state index < -0.39 is 0 Å². The molecule has 0 saturated carbocycles. The van der Waals surface area contributed by atoms with Crippen LogP contribution in [0.4, 0.5) is 17.5 Å². The maximum atomic E-state index is 4.52. The van der Waals surface area contributed by atoms with Crippen LogP contribution in [0.2, 0.25) is 0 Å². The van der Waals surface area contributed by atoms with Crippen LogP contribution in [0.3, 0.4) is 0 Å². The Labute approximate surface area is 117 Å². The number of hydrogen-bond donors (Lipinski definition) is 2. The Morgan fingerprint density at radius 1 is 1.20 bits per heavy atom. The molecule has 3 rings (SSSR count). The summed E-state index contributed by atoms with van der Waals surface area (Å²) in [5.74, 6) is 1.53. The Kier molecular flexibility index (Phi) is 3.02. The molecule has 0 fully saturated rings. The van der Waals surface area contributed by atoms with Crippen LogP contribution in [0, 0.1) is 6.92 Å². The lowest BCUT2D eigenvalue weighted by atomic mass is 10.2. The Hall–Kier alpha value is -2.56. The highest BCUT2D eigenvalue weighted by Gasteiger charge is 2.06. The molecule has 0 unspecified atom stereocenters. The highest BCUT2D eigenvalue weighted by molar-refractivity contribution is 5.82. The molecule has 0 aliphatic carbocycles. The van der Waals surface area contributed by atoms with Crippen LogP contribution in [0.1, 0.15) is 5.56 Å². The summed E-state index contributed by atoms with van der Waals surface area (Å²) in [6.07, 6.45) is 1.77. The predicted octanol–water partition coefficient (Wildman–Crippen LogP) is 3.08. The Morgan fingerprint density at radius 2 is 2.05 bits per heavy atom. The molecule has 0 atom stereocenters. The van der Waals surface area contributed by atoms with E-state index in [4.69, 9.17) is 0 Å². The quantitative estimate of drug-likeness (QED) is 0.765. The number of nitrogens with one attached hydrogen (secondary N) is 2. The molecule has 2 heterocycles. The molecule has 0 saturated heterocycles. The molecule has 0 amide bonds. The van der Waals surface area contributed by atoms with Gasteiger partial charge in [-0.15, -0.1) is 0 Å². The second kappa shape index (κ2) is 4.85. The average molecular weight is 267 g/mol. The molecule has 20 heavy (non-hydrogen) atoms. The summed E-state index contributed by atoms with van der Waals surface area (Å²) in [7, 11) is 4.04. The molecule has 0 bridgehead atoms. The van der Waals surface area contributed by atoms with Crippen molar-refractivity contribution in [3.05, 3.63) is 42.1 Å². The highest BCUT2D eigenvalue weighted by atomic mass is 15.2. The first-order valence-corrected chi connectivity index (χ1v) is 6.49. The van der Waals surface area contributed by atoms with Crippen LogP contribution in [0.25, 0.3) is 11.0 Å². The van der Waals surface area contributed by atoms with E-state index in [2.05, 4.69) is 37.3 Å². The summed E-state index contributed by atoms with van der Waals surface area (Å²) in [6, 6.07) is 10.1. The molecular formula is C15H17N5. The third-order valence-electron chi connectivity index (χ3n) is 3.23. The van der Waals surface area contributed by atoms with Gasteiger partial charge in [-0.25, -0.2) is 9.97 Å². The van der Waals surface area contributed by atoms with Crippen LogP contribution < -0.4 is 10.2 Å². The lowest BCUT2D eigenvalue weighted by molar-refractivity contribution is 1.13. The van der Waals surface area contributed by atoms with E-state index in [1.807, 2.05) is 39.2 Å². The molecule has 0 radical (unpaired) electrons. The van der Waals surface area contributed by atoms with E-state index in [1.165, 1.54) is 0 Å². The maximum Gasteiger partial charge on any atom is 0.206 e. The van der Waals surface area contributed by atoms with E-state index in [0.717, 1.165) is 28.1 Å². The average Bonchev–Trinajstić information content (AvgIpc) is 2.82. The molecule has 3 aromatic rings. The minimum absolute atomic E-state index is 0.706. The van der Waals surface area contributed by atoms with Crippen LogP contribution in [0.15, 0.2) is 36.5 Å². The lowest BCUT2D eigenvalue weighted by Gasteiger charge is -2.11. The summed E-state index contributed by atoms with van der Waals surface area (Å²) < 4.78 is 0. The SMILES string of the molecule is Cc1cccnc1Nc1nc2ccc(N(C)C)cc2[nH]1. The zero-order chi connectivity index (χ0) is 14.1. The van der Waals surface area contributed by atoms with Crippen molar-refractivity contribution in [2.24, 2.45) is 0 Å². The third-order valence-corrected chi connectivity index (χ3v) is 3.23. The topological polar surface area (TPSA) is 56.8 Å². The van der Waals surface area contributed by atoms with E-state index in [9.17, 15) is 0 Å². The number of imidazole rings is 1. The molecule has 5 heteroatoms. The number of pyridine rings is 1. The van der Waals surface area contributed by atoms with Gasteiger partial charge in [0.15, 0.2) is 0 Å². The van der Waals surface area contributed by atoms with E-state index in [1.54, 1.807) is 6.20 Å².